The molecule has 0 unspecified atom stereocenters. The minimum Gasteiger partial charge on any atom is -0.493 e. The third-order valence-electron chi connectivity index (χ3n) is 5.08. The van der Waals surface area contributed by atoms with Crippen LogP contribution in [0.5, 0.6) is 11.6 Å². The molecule has 7 heteroatoms. The van der Waals surface area contributed by atoms with Gasteiger partial charge in [-0.1, -0.05) is 0 Å². The molecule has 1 aliphatic rings. The summed E-state index contributed by atoms with van der Waals surface area (Å²) in [4.78, 5) is 20.0. The second-order valence-electron chi connectivity index (χ2n) is 8.11. The summed E-state index contributed by atoms with van der Waals surface area (Å²) in [5.74, 6) is 2.50. The quantitative estimate of drug-likeness (QED) is 0.600. The SMILES string of the molecule is CC(=O)N[C@@H](C)COc1cc2oc(-c3c(C)cc(OCC4CC4)cc3C)nc2cn1. The molecule has 0 aliphatic heterocycles. The van der Waals surface area contributed by atoms with Gasteiger partial charge in [-0.15, -0.1) is 0 Å². The van der Waals surface area contributed by atoms with Gasteiger partial charge in [0.15, 0.2) is 5.58 Å². The molecule has 1 amide bonds. The first-order chi connectivity index (χ1) is 14.4. The number of carbonyl (C=O) groups excluding carboxylic acids is 1. The molecule has 7 nitrogen and oxygen atoms in total. The Labute approximate surface area is 175 Å². The predicted octanol–water partition coefficient (Wildman–Crippen LogP) is 4.20. The van der Waals surface area contributed by atoms with Crippen LogP contribution in [0.3, 0.4) is 0 Å². The summed E-state index contributed by atoms with van der Waals surface area (Å²) in [5, 5.41) is 2.77. The lowest BCUT2D eigenvalue weighted by Gasteiger charge is -2.12. The van der Waals surface area contributed by atoms with Gasteiger partial charge in [-0.25, -0.2) is 9.97 Å². The van der Waals surface area contributed by atoms with Crippen LogP contribution in [0.15, 0.2) is 28.8 Å². The number of hydrogen-bond acceptors (Lipinski definition) is 6. The van der Waals surface area contributed by atoms with E-state index in [2.05, 4.69) is 15.3 Å². The minimum atomic E-state index is -0.115. The Kier molecular flexibility index (Phi) is 5.61. The van der Waals surface area contributed by atoms with Crippen molar-refractivity contribution in [3.63, 3.8) is 0 Å². The highest BCUT2D eigenvalue weighted by molar-refractivity contribution is 5.78. The number of fused-ring (bicyclic) bond motifs is 1. The molecule has 3 aromatic rings. The van der Waals surface area contributed by atoms with Crippen molar-refractivity contribution >= 4 is 17.0 Å². The van der Waals surface area contributed by atoms with E-state index in [9.17, 15) is 4.79 Å². The fourth-order valence-corrected chi connectivity index (χ4v) is 3.44. The Hall–Kier alpha value is -3.09. The van der Waals surface area contributed by atoms with Gasteiger partial charge in [-0.05, 0) is 62.8 Å². The van der Waals surface area contributed by atoms with E-state index in [0.29, 0.717) is 35.4 Å². The molecule has 1 N–H and O–H groups in total. The number of oxazole rings is 1. The third-order valence-corrected chi connectivity index (χ3v) is 5.08. The topological polar surface area (TPSA) is 86.5 Å². The minimum absolute atomic E-state index is 0.0934. The predicted molar refractivity (Wildman–Crippen MR) is 114 cm³/mol. The zero-order chi connectivity index (χ0) is 21.3. The number of aromatic nitrogens is 2. The molecule has 1 atom stereocenters. The second kappa shape index (κ2) is 8.34. The summed E-state index contributed by atoms with van der Waals surface area (Å²) in [6.07, 6.45) is 4.17. The molecule has 1 fully saturated rings. The van der Waals surface area contributed by atoms with Crippen molar-refractivity contribution in [2.24, 2.45) is 5.92 Å². The van der Waals surface area contributed by atoms with Crippen LogP contribution in [0.2, 0.25) is 0 Å². The summed E-state index contributed by atoms with van der Waals surface area (Å²) in [6, 6.07) is 5.69. The number of hydrogen-bond donors (Lipinski definition) is 1. The summed E-state index contributed by atoms with van der Waals surface area (Å²) >= 11 is 0. The smallest absolute Gasteiger partial charge is 0.227 e. The molecular formula is C23H27N3O4. The Bertz CT molecular complexity index is 1050. The van der Waals surface area contributed by atoms with E-state index in [4.69, 9.17) is 13.9 Å². The van der Waals surface area contributed by atoms with Crippen molar-refractivity contribution in [1.82, 2.24) is 15.3 Å². The van der Waals surface area contributed by atoms with Gasteiger partial charge < -0.3 is 19.2 Å². The lowest BCUT2D eigenvalue weighted by molar-refractivity contribution is -0.119. The van der Waals surface area contributed by atoms with Crippen molar-refractivity contribution in [3.8, 4) is 23.1 Å². The van der Waals surface area contributed by atoms with Gasteiger partial charge in [0.25, 0.3) is 0 Å². The van der Waals surface area contributed by atoms with Gasteiger partial charge in [-0.2, -0.15) is 0 Å². The molecule has 2 heterocycles. The molecular weight excluding hydrogens is 382 g/mol. The maximum atomic E-state index is 11.1. The van der Waals surface area contributed by atoms with Crippen LogP contribution in [-0.4, -0.2) is 35.1 Å². The lowest BCUT2D eigenvalue weighted by Crippen LogP contribution is -2.35. The Balaban J connectivity index is 1.52. The van der Waals surface area contributed by atoms with Crippen LogP contribution in [-0.2, 0) is 4.79 Å². The molecule has 30 heavy (non-hydrogen) atoms. The van der Waals surface area contributed by atoms with Gasteiger partial charge in [-0.3, -0.25) is 4.79 Å². The molecule has 0 radical (unpaired) electrons. The van der Waals surface area contributed by atoms with Gasteiger partial charge >= 0.3 is 0 Å². The number of nitrogens with zero attached hydrogens (tertiary/aromatic N) is 2. The zero-order valence-electron chi connectivity index (χ0n) is 17.8. The van der Waals surface area contributed by atoms with Crippen LogP contribution < -0.4 is 14.8 Å². The first-order valence-electron chi connectivity index (χ1n) is 10.3. The number of ether oxygens (including phenoxy) is 2. The Morgan fingerprint density at radius 2 is 1.97 bits per heavy atom. The van der Waals surface area contributed by atoms with Crippen LogP contribution >= 0.6 is 0 Å². The van der Waals surface area contributed by atoms with Crippen molar-refractivity contribution in [1.29, 1.82) is 0 Å². The molecule has 0 bridgehead atoms. The normalized spacial score (nSPS) is 14.5. The number of aryl methyl sites for hydroxylation is 2. The van der Waals surface area contributed by atoms with E-state index in [1.807, 2.05) is 32.9 Å². The number of rotatable bonds is 8. The maximum Gasteiger partial charge on any atom is 0.227 e. The molecule has 0 spiro atoms. The standard InChI is InChI=1S/C23H27N3O4/c1-13-7-18(28-12-17-5-6-17)8-14(2)22(13)23-26-19-10-24-21(9-20(19)30-23)29-11-15(3)25-16(4)27/h7-10,15,17H,5-6,11-12H2,1-4H3,(H,25,27)/t15-/m0/s1. The zero-order valence-corrected chi connectivity index (χ0v) is 17.8. The highest BCUT2D eigenvalue weighted by Crippen LogP contribution is 2.34. The molecule has 0 saturated heterocycles. The monoisotopic (exact) mass is 409 g/mol. The van der Waals surface area contributed by atoms with Gasteiger partial charge in [0.1, 0.15) is 17.9 Å². The number of pyridine rings is 1. The number of benzene rings is 1. The van der Waals surface area contributed by atoms with E-state index < -0.39 is 0 Å². The number of carbonyl (C=O) groups is 1. The lowest BCUT2D eigenvalue weighted by atomic mass is 10.0. The Morgan fingerprint density at radius 1 is 1.23 bits per heavy atom. The first kappa shape index (κ1) is 20.2. The van der Waals surface area contributed by atoms with E-state index >= 15 is 0 Å². The molecule has 1 aliphatic carbocycles. The molecule has 1 saturated carbocycles. The summed E-state index contributed by atoms with van der Waals surface area (Å²) in [7, 11) is 0. The fraction of sp³-hybridized carbons (Fsp3) is 0.435. The highest BCUT2D eigenvalue weighted by Gasteiger charge is 2.22. The fourth-order valence-electron chi connectivity index (χ4n) is 3.44. The summed E-state index contributed by atoms with van der Waals surface area (Å²) in [6.45, 7) is 8.53. The van der Waals surface area contributed by atoms with Crippen molar-refractivity contribution in [2.45, 2.75) is 46.6 Å². The molecule has 1 aromatic carbocycles. The van der Waals surface area contributed by atoms with Gasteiger partial charge in [0.05, 0.1) is 18.8 Å². The van der Waals surface area contributed by atoms with Crippen LogP contribution in [0.25, 0.3) is 22.6 Å². The maximum absolute atomic E-state index is 11.1. The number of nitrogens with one attached hydrogen (secondary N) is 1. The second-order valence-corrected chi connectivity index (χ2v) is 8.11. The van der Waals surface area contributed by atoms with Gasteiger partial charge in [0.2, 0.25) is 17.7 Å². The van der Waals surface area contributed by atoms with Crippen molar-refractivity contribution < 1.29 is 18.7 Å². The van der Waals surface area contributed by atoms with Crippen LogP contribution in [0, 0.1) is 19.8 Å². The van der Waals surface area contributed by atoms with Crippen LogP contribution in [0.1, 0.15) is 37.8 Å². The average molecular weight is 409 g/mol. The highest BCUT2D eigenvalue weighted by atomic mass is 16.5. The average Bonchev–Trinajstić information content (AvgIpc) is 3.41. The van der Waals surface area contributed by atoms with Crippen molar-refractivity contribution in [2.75, 3.05) is 13.2 Å². The van der Waals surface area contributed by atoms with E-state index in [0.717, 1.165) is 29.0 Å². The first-order valence-corrected chi connectivity index (χ1v) is 10.3. The van der Waals surface area contributed by atoms with E-state index in [1.165, 1.54) is 19.8 Å². The van der Waals surface area contributed by atoms with E-state index in [1.54, 1.807) is 12.3 Å². The molecule has 4 rings (SSSR count). The van der Waals surface area contributed by atoms with Gasteiger partial charge in [0, 0.05) is 18.6 Å². The Morgan fingerprint density at radius 3 is 2.63 bits per heavy atom. The van der Waals surface area contributed by atoms with Crippen molar-refractivity contribution in [3.05, 3.63) is 35.5 Å². The molecule has 158 valence electrons. The largest absolute Gasteiger partial charge is 0.493 e. The number of amides is 1. The van der Waals surface area contributed by atoms with Crippen LogP contribution in [0.4, 0.5) is 0 Å². The summed E-state index contributed by atoms with van der Waals surface area (Å²) in [5.41, 5.74) is 4.35. The molecule has 2 aromatic heterocycles. The van der Waals surface area contributed by atoms with E-state index in [-0.39, 0.29) is 11.9 Å². The third kappa shape index (κ3) is 4.72. The summed E-state index contributed by atoms with van der Waals surface area (Å²) < 4.78 is 17.6.